The predicted molar refractivity (Wildman–Crippen MR) is 87.3 cm³/mol. The van der Waals surface area contributed by atoms with Crippen molar-refractivity contribution < 1.29 is 4.65 Å². The lowest BCUT2D eigenvalue weighted by Gasteiger charge is -2.34. The number of aromatic nitrogens is 5. The molecule has 1 unspecified atom stereocenters. The Morgan fingerprint density at radius 2 is 2.04 bits per heavy atom. The standard InChI is InChI=1S/C16H15N7O/c24-23(9-8-17-11-23)10-12-3-5-13(6-4-12)14-2-1-7-18-15(14)16-19-21-22-20-16/h1-9,17H,10-11H2,(H,19,20,21,22). The van der Waals surface area contributed by atoms with Crippen molar-refractivity contribution in [2.75, 3.05) is 6.67 Å². The number of hydrogen-bond acceptors (Lipinski definition) is 6. The number of H-pyrrole nitrogens is 1. The van der Waals surface area contributed by atoms with Crippen molar-refractivity contribution >= 4 is 0 Å². The maximum Gasteiger partial charge on any atom is 0.223 e. The van der Waals surface area contributed by atoms with Gasteiger partial charge in [-0.3, -0.25) is 4.98 Å². The first kappa shape index (κ1) is 14.5. The molecule has 24 heavy (non-hydrogen) atoms. The smallest absolute Gasteiger partial charge is 0.223 e. The highest BCUT2D eigenvalue weighted by Gasteiger charge is 2.18. The van der Waals surface area contributed by atoms with Gasteiger partial charge in [0, 0.05) is 17.3 Å². The zero-order valence-electron chi connectivity index (χ0n) is 12.8. The molecular weight excluding hydrogens is 306 g/mol. The summed E-state index contributed by atoms with van der Waals surface area (Å²) in [6.45, 7) is 0.765. The van der Waals surface area contributed by atoms with Crippen LogP contribution in [0.4, 0.5) is 0 Å². The van der Waals surface area contributed by atoms with Crippen LogP contribution in [0.15, 0.2) is 55.0 Å². The zero-order chi connectivity index (χ0) is 16.4. The molecular formula is C16H15N7O. The van der Waals surface area contributed by atoms with Crippen LogP contribution in [0.25, 0.3) is 22.6 Å². The van der Waals surface area contributed by atoms with Gasteiger partial charge in [-0.25, -0.2) is 0 Å². The molecule has 2 aromatic heterocycles. The average Bonchev–Trinajstić information content (AvgIpc) is 3.28. The van der Waals surface area contributed by atoms with E-state index in [1.165, 1.54) is 0 Å². The van der Waals surface area contributed by atoms with Crippen LogP contribution in [0, 0.1) is 5.21 Å². The van der Waals surface area contributed by atoms with Crippen LogP contribution in [0.5, 0.6) is 0 Å². The molecule has 2 N–H and O–H groups in total. The Balaban J connectivity index is 1.63. The van der Waals surface area contributed by atoms with Crippen molar-refractivity contribution in [2.24, 2.45) is 0 Å². The molecule has 120 valence electrons. The number of hydrogen-bond donors (Lipinski definition) is 2. The fourth-order valence-electron chi connectivity index (χ4n) is 2.73. The van der Waals surface area contributed by atoms with Crippen LogP contribution in [-0.4, -0.2) is 36.9 Å². The fourth-order valence-corrected chi connectivity index (χ4v) is 2.73. The van der Waals surface area contributed by atoms with Crippen LogP contribution in [-0.2, 0) is 6.54 Å². The van der Waals surface area contributed by atoms with Gasteiger partial charge in [0.2, 0.25) is 5.82 Å². The van der Waals surface area contributed by atoms with E-state index in [4.69, 9.17) is 0 Å². The fraction of sp³-hybridized carbons (Fsp3) is 0.125. The van der Waals surface area contributed by atoms with E-state index in [9.17, 15) is 5.21 Å². The summed E-state index contributed by atoms with van der Waals surface area (Å²) in [5, 5.41) is 29.4. The number of benzene rings is 1. The van der Waals surface area contributed by atoms with E-state index < -0.39 is 0 Å². The van der Waals surface area contributed by atoms with E-state index in [0.29, 0.717) is 24.7 Å². The quantitative estimate of drug-likeness (QED) is 0.561. The highest BCUT2D eigenvalue weighted by atomic mass is 16.5. The van der Waals surface area contributed by atoms with E-state index in [0.717, 1.165) is 16.7 Å². The van der Waals surface area contributed by atoms with Crippen molar-refractivity contribution in [3.63, 3.8) is 0 Å². The SMILES string of the molecule is [O-][N+]1(Cc2ccc(-c3cccnc3-c3nn[nH]n3)cc2)C=CNC1. The maximum atomic E-state index is 12.4. The second-order valence-electron chi connectivity index (χ2n) is 5.62. The van der Waals surface area contributed by atoms with E-state index in [-0.39, 0.29) is 4.65 Å². The van der Waals surface area contributed by atoms with Gasteiger partial charge in [0.15, 0.2) is 6.67 Å². The molecule has 0 bridgehead atoms. The minimum absolute atomic E-state index is 0.367. The summed E-state index contributed by atoms with van der Waals surface area (Å²) in [6, 6.07) is 11.7. The largest absolute Gasteiger partial charge is 0.626 e. The van der Waals surface area contributed by atoms with Crippen LogP contribution in [0.1, 0.15) is 5.56 Å². The zero-order valence-corrected chi connectivity index (χ0v) is 12.8. The second kappa shape index (κ2) is 5.84. The Kier molecular flexibility index (Phi) is 3.52. The monoisotopic (exact) mass is 321 g/mol. The third-order valence-corrected chi connectivity index (χ3v) is 3.90. The number of hydroxylamine groups is 3. The molecule has 0 amide bonds. The van der Waals surface area contributed by atoms with Gasteiger partial charge >= 0.3 is 0 Å². The Morgan fingerprint density at radius 1 is 1.17 bits per heavy atom. The highest BCUT2D eigenvalue weighted by Crippen LogP contribution is 2.28. The summed E-state index contributed by atoms with van der Waals surface area (Å²) >= 11 is 0. The van der Waals surface area contributed by atoms with Crippen molar-refractivity contribution in [3.05, 3.63) is 65.8 Å². The van der Waals surface area contributed by atoms with Gasteiger partial charge in [0.1, 0.15) is 18.4 Å². The molecule has 3 heterocycles. The first-order valence-electron chi connectivity index (χ1n) is 7.51. The lowest BCUT2D eigenvalue weighted by atomic mass is 10.0. The van der Waals surface area contributed by atoms with Crippen molar-refractivity contribution in [1.82, 2.24) is 30.9 Å². The van der Waals surface area contributed by atoms with Crippen LogP contribution in [0.3, 0.4) is 0 Å². The van der Waals surface area contributed by atoms with Gasteiger partial charge in [0.05, 0.1) is 6.20 Å². The van der Waals surface area contributed by atoms with Crippen molar-refractivity contribution in [3.8, 4) is 22.6 Å². The number of rotatable bonds is 4. The average molecular weight is 321 g/mol. The summed E-state index contributed by atoms with van der Waals surface area (Å²) in [5.41, 5.74) is 3.54. The summed E-state index contributed by atoms with van der Waals surface area (Å²) in [5.74, 6) is 0.451. The molecule has 1 aliphatic rings. The van der Waals surface area contributed by atoms with Gasteiger partial charge in [-0.2, -0.15) is 5.21 Å². The number of aromatic amines is 1. The normalized spacial score (nSPS) is 19.4. The van der Waals surface area contributed by atoms with Gasteiger partial charge in [-0.15, -0.1) is 10.2 Å². The minimum atomic E-state index is -0.389. The molecule has 8 nitrogen and oxygen atoms in total. The van der Waals surface area contributed by atoms with E-state index >= 15 is 0 Å². The van der Waals surface area contributed by atoms with Crippen LogP contribution in [0.2, 0.25) is 0 Å². The maximum absolute atomic E-state index is 12.4. The molecule has 1 atom stereocenters. The molecule has 0 saturated carbocycles. The number of nitrogens with zero attached hydrogens (tertiary/aromatic N) is 5. The number of tetrazole rings is 1. The molecule has 8 heteroatoms. The Labute approximate surface area is 138 Å². The van der Waals surface area contributed by atoms with Crippen molar-refractivity contribution in [1.29, 1.82) is 0 Å². The lowest BCUT2D eigenvalue weighted by Crippen LogP contribution is -2.36. The number of quaternary nitrogens is 1. The molecule has 0 aliphatic carbocycles. The van der Waals surface area contributed by atoms with E-state index in [1.807, 2.05) is 36.4 Å². The number of nitrogens with one attached hydrogen (secondary N) is 2. The Morgan fingerprint density at radius 3 is 2.75 bits per heavy atom. The first-order chi connectivity index (χ1) is 11.7. The molecule has 3 aromatic rings. The summed E-state index contributed by atoms with van der Waals surface area (Å²) in [6.07, 6.45) is 5.03. The van der Waals surface area contributed by atoms with Crippen LogP contribution < -0.4 is 5.32 Å². The lowest BCUT2D eigenvalue weighted by molar-refractivity contribution is -0.839. The predicted octanol–water partition coefficient (Wildman–Crippen LogP) is 1.78. The molecule has 4 rings (SSSR count). The van der Waals surface area contributed by atoms with E-state index in [2.05, 4.69) is 30.9 Å². The van der Waals surface area contributed by atoms with Crippen LogP contribution >= 0.6 is 0 Å². The highest BCUT2D eigenvalue weighted by molar-refractivity contribution is 5.77. The topological polar surface area (TPSA) is 102 Å². The second-order valence-corrected chi connectivity index (χ2v) is 5.62. The summed E-state index contributed by atoms with van der Waals surface area (Å²) in [4.78, 5) is 4.36. The molecule has 0 radical (unpaired) electrons. The molecule has 0 saturated heterocycles. The summed E-state index contributed by atoms with van der Waals surface area (Å²) < 4.78 is -0.389. The first-order valence-corrected chi connectivity index (χ1v) is 7.51. The number of pyridine rings is 1. The third-order valence-electron chi connectivity index (χ3n) is 3.90. The Bertz CT molecular complexity index is 860. The van der Waals surface area contributed by atoms with Crippen molar-refractivity contribution in [2.45, 2.75) is 6.54 Å². The Hall–Kier alpha value is -3.10. The summed E-state index contributed by atoms with van der Waals surface area (Å²) in [7, 11) is 0. The van der Waals surface area contributed by atoms with Gasteiger partial charge in [0.25, 0.3) is 0 Å². The minimum Gasteiger partial charge on any atom is -0.626 e. The molecule has 0 fully saturated rings. The third kappa shape index (κ3) is 2.75. The molecule has 1 aromatic carbocycles. The van der Waals surface area contributed by atoms with E-state index in [1.54, 1.807) is 18.6 Å². The van der Waals surface area contributed by atoms with Gasteiger partial charge < -0.3 is 15.2 Å². The molecule has 1 aliphatic heterocycles. The molecule has 0 spiro atoms. The van der Waals surface area contributed by atoms with Gasteiger partial charge in [-0.1, -0.05) is 30.3 Å². The van der Waals surface area contributed by atoms with Gasteiger partial charge in [-0.05, 0) is 16.8 Å².